The molecule has 0 radical (unpaired) electrons. The molecule has 0 bridgehead atoms. The van der Waals surface area contributed by atoms with Crippen LogP contribution in [0.3, 0.4) is 0 Å². The number of piperidine rings is 2. The van der Waals surface area contributed by atoms with Crippen molar-refractivity contribution < 1.29 is 9.72 Å². The number of amides is 1. The van der Waals surface area contributed by atoms with Gasteiger partial charge in [-0.2, -0.15) is 0 Å². The number of anilines is 2. The summed E-state index contributed by atoms with van der Waals surface area (Å²) in [6.45, 7) is 12.3. The zero-order valence-corrected chi connectivity index (χ0v) is 23.5. The molecule has 2 saturated heterocycles. The summed E-state index contributed by atoms with van der Waals surface area (Å²) in [5, 5.41) is 14.5. The van der Waals surface area contributed by atoms with Crippen LogP contribution in [0, 0.1) is 23.0 Å². The van der Waals surface area contributed by atoms with Crippen LogP contribution in [0.15, 0.2) is 42.5 Å². The average molecular weight is 521 g/mol. The molecule has 2 aliphatic rings. The van der Waals surface area contributed by atoms with Crippen LogP contribution >= 0.6 is 0 Å². The molecule has 0 aliphatic carbocycles. The third-order valence-electron chi connectivity index (χ3n) is 8.33. The van der Waals surface area contributed by atoms with Crippen molar-refractivity contribution in [2.45, 2.75) is 84.1 Å². The van der Waals surface area contributed by atoms with E-state index in [2.05, 4.69) is 55.3 Å². The van der Waals surface area contributed by atoms with E-state index < -0.39 is 0 Å². The van der Waals surface area contributed by atoms with E-state index in [-0.39, 0.29) is 28.0 Å². The van der Waals surface area contributed by atoms with Crippen LogP contribution in [0.2, 0.25) is 0 Å². The first kappa shape index (κ1) is 27.9. The monoisotopic (exact) mass is 520 g/mol. The second-order valence-corrected chi connectivity index (χ2v) is 12.2. The van der Waals surface area contributed by atoms with Gasteiger partial charge >= 0.3 is 0 Å². The Morgan fingerprint density at radius 3 is 2.24 bits per heavy atom. The van der Waals surface area contributed by atoms with Gasteiger partial charge in [0.15, 0.2) is 0 Å². The van der Waals surface area contributed by atoms with Gasteiger partial charge < -0.3 is 15.1 Å². The number of nitrogens with one attached hydrogen (secondary N) is 1. The number of nitro groups is 1. The van der Waals surface area contributed by atoms with Crippen molar-refractivity contribution in [1.29, 1.82) is 0 Å². The Morgan fingerprint density at radius 2 is 1.66 bits per heavy atom. The number of rotatable bonds is 8. The summed E-state index contributed by atoms with van der Waals surface area (Å²) < 4.78 is 0. The van der Waals surface area contributed by atoms with Gasteiger partial charge in [-0.05, 0) is 86.6 Å². The summed E-state index contributed by atoms with van der Waals surface area (Å²) in [5.74, 6) is 0.999. The van der Waals surface area contributed by atoms with E-state index in [4.69, 9.17) is 0 Å². The van der Waals surface area contributed by atoms with Crippen molar-refractivity contribution >= 4 is 23.0 Å². The van der Waals surface area contributed by atoms with Gasteiger partial charge in [-0.25, -0.2) is 0 Å². The lowest BCUT2D eigenvalue weighted by molar-refractivity contribution is -0.385. The Kier molecular flexibility index (Phi) is 8.95. The molecule has 206 valence electrons. The third-order valence-corrected chi connectivity index (χ3v) is 8.33. The van der Waals surface area contributed by atoms with Gasteiger partial charge in [0.05, 0.1) is 4.92 Å². The highest BCUT2D eigenvalue weighted by Gasteiger charge is 2.24. The maximum Gasteiger partial charge on any atom is 0.272 e. The van der Waals surface area contributed by atoms with Gasteiger partial charge in [0.2, 0.25) is 5.91 Å². The lowest BCUT2D eigenvalue weighted by Crippen LogP contribution is -2.42. The molecule has 0 atom stereocenters. The molecule has 0 unspecified atom stereocenters. The van der Waals surface area contributed by atoms with E-state index >= 15 is 0 Å². The molecule has 0 saturated carbocycles. The molecule has 0 spiro atoms. The van der Waals surface area contributed by atoms with E-state index in [0.717, 1.165) is 57.5 Å². The minimum Gasteiger partial charge on any atom is -0.382 e. The fourth-order valence-corrected chi connectivity index (χ4v) is 5.81. The number of hydrogen-bond donors (Lipinski definition) is 1. The van der Waals surface area contributed by atoms with Crippen LogP contribution in [0.5, 0.6) is 0 Å². The van der Waals surface area contributed by atoms with Gasteiger partial charge in [0, 0.05) is 61.6 Å². The highest BCUT2D eigenvalue weighted by molar-refractivity contribution is 5.76. The first-order chi connectivity index (χ1) is 18.1. The molecule has 38 heavy (non-hydrogen) atoms. The Labute approximate surface area is 227 Å². The van der Waals surface area contributed by atoms with E-state index in [1.165, 1.54) is 24.1 Å². The average Bonchev–Trinajstić information content (AvgIpc) is 2.89. The SMILES string of the molecule is Cc1cc(NC2CCN(C(=O)CCCC3CCN(c4ccc(C(C)(C)C)cc4)CC3)CC2)ccc1[N+](=O)[O-]. The number of hydrogen-bond acceptors (Lipinski definition) is 5. The number of aryl methyl sites for hydroxylation is 1. The Hall–Kier alpha value is -3.09. The summed E-state index contributed by atoms with van der Waals surface area (Å²) in [7, 11) is 0. The van der Waals surface area contributed by atoms with Crippen LogP contribution < -0.4 is 10.2 Å². The second kappa shape index (κ2) is 12.2. The molecular weight excluding hydrogens is 476 g/mol. The van der Waals surface area contributed by atoms with Gasteiger partial charge in [-0.15, -0.1) is 0 Å². The first-order valence-corrected chi connectivity index (χ1v) is 14.2. The molecule has 2 aliphatic heterocycles. The second-order valence-electron chi connectivity index (χ2n) is 12.2. The van der Waals surface area contributed by atoms with Gasteiger partial charge in [0.25, 0.3) is 5.69 Å². The van der Waals surface area contributed by atoms with Crippen molar-refractivity contribution in [3.63, 3.8) is 0 Å². The van der Waals surface area contributed by atoms with E-state index in [1.54, 1.807) is 19.1 Å². The molecule has 7 heteroatoms. The predicted octanol–water partition coefficient (Wildman–Crippen LogP) is 6.69. The number of likely N-dealkylation sites (tertiary alicyclic amines) is 1. The summed E-state index contributed by atoms with van der Waals surface area (Å²) in [4.78, 5) is 28.0. The minimum absolute atomic E-state index is 0.146. The molecule has 1 N–H and O–H groups in total. The van der Waals surface area contributed by atoms with E-state index in [9.17, 15) is 14.9 Å². The number of carbonyl (C=O) groups excluding carboxylic acids is 1. The Balaban J connectivity index is 1.13. The topological polar surface area (TPSA) is 78.7 Å². The van der Waals surface area contributed by atoms with Crippen LogP contribution in [0.1, 0.15) is 76.8 Å². The molecule has 2 aromatic carbocycles. The molecule has 1 amide bonds. The smallest absolute Gasteiger partial charge is 0.272 e. The van der Waals surface area contributed by atoms with Crippen LogP contribution in [-0.4, -0.2) is 48.0 Å². The van der Waals surface area contributed by atoms with E-state index in [0.29, 0.717) is 17.9 Å². The van der Waals surface area contributed by atoms with Crippen molar-refractivity contribution in [2.24, 2.45) is 5.92 Å². The molecular formula is C31H44N4O3. The Morgan fingerprint density at radius 1 is 1.00 bits per heavy atom. The highest BCUT2D eigenvalue weighted by Crippen LogP contribution is 2.29. The molecule has 2 heterocycles. The zero-order chi connectivity index (χ0) is 27.3. The Bertz CT molecular complexity index is 1090. The standard InChI is InChI=1S/C31H44N4O3/c1-23-22-27(10-13-29(23)35(37)38)32-26-16-20-34(21-17-26)30(36)7-5-6-24-14-18-33(19-15-24)28-11-8-25(9-12-28)31(2,3)4/h8-13,22,24,26,32H,5-7,14-21H2,1-4H3. The number of nitro benzene ring substituents is 1. The fourth-order valence-electron chi connectivity index (χ4n) is 5.81. The molecule has 4 rings (SSSR count). The predicted molar refractivity (Wildman–Crippen MR) is 155 cm³/mol. The summed E-state index contributed by atoms with van der Waals surface area (Å²) in [5.41, 5.74) is 4.60. The van der Waals surface area contributed by atoms with Crippen LogP contribution in [0.25, 0.3) is 0 Å². The van der Waals surface area contributed by atoms with Gasteiger partial charge in [0.1, 0.15) is 0 Å². The largest absolute Gasteiger partial charge is 0.382 e. The third kappa shape index (κ3) is 7.27. The zero-order valence-electron chi connectivity index (χ0n) is 23.5. The normalized spacial score (nSPS) is 17.5. The lowest BCUT2D eigenvalue weighted by atomic mass is 9.87. The quantitative estimate of drug-likeness (QED) is 0.310. The number of carbonyl (C=O) groups is 1. The van der Waals surface area contributed by atoms with E-state index in [1.807, 2.05) is 11.0 Å². The highest BCUT2D eigenvalue weighted by atomic mass is 16.6. The molecule has 2 fully saturated rings. The molecule has 2 aromatic rings. The first-order valence-electron chi connectivity index (χ1n) is 14.2. The van der Waals surface area contributed by atoms with Crippen molar-refractivity contribution in [3.05, 3.63) is 63.7 Å². The fraction of sp³-hybridized carbons (Fsp3) is 0.581. The van der Waals surface area contributed by atoms with Crippen LogP contribution in [-0.2, 0) is 10.2 Å². The minimum atomic E-state index is -0.348. The number of nitrogens with zero attached hydrogens (tertiary/aromatic N) is 3. The van der Waals surface area contributed by atoms with Crippen LogP contribution in [0.4, 0.5) is 17.1 Å². The number of benzene rings is 2. The summed E-state index contributed by atoms with van der Waals surface area (Å²) in [6, 6.07) is 14.5. The van der Waals surface area contributed by atoms with Crippen molar-refractivity contribution in [3.8, 4) is 0 Å². The van der Waals surface area contributed by atoms with Gasteiger partial charge in [-0.3, -0.25) is 14.9 Å². The van der Waals surface area contributed by atoms with Gasteiger partial charge in [-0.1, -0.05) is 32.9 Å². The lowest BCUT2D eigenvalue weighted by Gasteiger charge is -2.34. The molecule has 0 aromatic heterocycles. The molecule has 7 nitrogen and oxygen atoms in total. The van der Waals surface area contributed by atoms with Crippen molar-refractivity contribution in [1.82, 2.24) is 4.90 Å². The van der Waals surface area contributed by atoms with Crippen molar-refractivity contribution in [2.75, 3.05) is 36.4 Å². The maximum absolute atomic E-state index is 12.8. The maximum atomic E-state index is 12.8. The summed E-state index contributed by atoms with van der Waals surface area (Å²) >= 11 is 0. The summed E-state index contributed by atoms with van der Waals surface area (Å²) in [6.07, 6.45) is 6.97.